The molecule has 0 saturated heterocycles. The number of benzene rings is 2. The van der Waals surface area contributed by atoms with Crippen molar-refractivity contribution in [2.45, 2.75) is 0 Å². The molecule has 7 nitrogen and oxygen atoms in total. The van der Waals surface area contributed by atoms with Gasteiger partial charge in [0, 0.05) is 23.3 Å². The fraction of sp³-hybridized carbons (Fsp3) is 0.200. The summed E-state index contributed by atoms with van der Waals surface area (Å²) in [7, 11) is 6.27. The molecular formula is C20H20N2O5. The fourth-order valence-electron chi connectivity index (χ4n) is 2.63. The van der Waals surface area contributed by atoms with Gasteiger partial charge in [0.05, 0.1) is 28.4 Å². The second-order valence-corrected chi connectivity index (χ2v) is 5.65. The highest BCUT2D eigenvalue weighted by atomic mass is 16.5. The number of amides is 1. The Hall–Kier alpha value is -3.48. The predicted molar refractivity (Wildman–Crippen MR) is 102 cm³/mol. The van der Waals surface area contributed by atoms with Crippen LogP contribution in [0.3, 0.4) is 0 Å². The summed E-state index contributed by atoms with van der Waals surface area (Å²) < 4.78 is 21.1. The molecule has 1 aliphatic rings. The Bertz CT molecular complexity index is 912. The molecule has 0 saturated carbocycles. The van der Waals surface area contributed by atoms with E-state index in [4.69, 9.17) is 18.9 Å². The van der Waals surface area contributed by atoms with Gasteiger partial charge in [0.2, 0.25) is 0 Å². The molecule has 0 aromatic heterocycles. The number of nitrogens with one attached hydrogen (secondary N) is 1. The highest BCUT2D eigenvalue weighted by molar-refractivity contribution is 6.20. The van der Waals surface area contributed by atoms with E-state index in [1.807, 2.05) is 0 Å². The molecule has 3 rings (SSSR count). The minimum atomic E-state index is -0.301. The molecule has 1 aliphatic heterocycles. The number of amidine groups is 1. The molecule has 140 valence electrons. The molecule has 2 aromatic carbocycles. The third-order valence-corrected chi connectivity index (χ3v) is 4.05. The van der Waals surface area contributed by atoms with Gasteiger partial charge in [-0.15, -0.1) is 0 Å². The molecule has 0 unspecified atom stereocenters. The zero-order valence-corrected chi connectivity index (χ0v) is 15.5. The zero-order valence-electron chi connectivity index (χ0n) is 15.5. The first-order chi connectivity index (χ1) is 13.1. The molecule has 0 atom stereocenters. The van der Waals surface area contributed by atoms with E-state index >= 15 is 0 Å². The number of carbonyl (C=O) groups excluding carboxylic acids is 1. The van der Waals surface area contributed by atoms with E-state index in [1.54, 1.807) is 70.9 Å². The maximum absolute atomic E-state index is 12.4. The number of hydrogen-bond donors (Lipinski definition) is 1. The Labute approximate surface area is 157 Å². The van der Waals surface area contributed by atoms with Crippen molar-refractivity contribution in [2.75, 3.05) is 28.4 Å². The van der Waals surface area contributed by atoms with Crippen LogP contribution in [-0.4, -0.2) is 40.2 Å². The van der Waals surface area contributed by atoms with Crippen LogP contribution in [0.25, 0.3) is 6.08 Å². The minimum Gasteiger partial charge on any atom is -0.497 e. The van der Waals surface area contributed by atoms with Gasteiger partial charge >= 0.3 is 0 Å². The number of nitrogens with zero attached hydrogens (tertiary/aromatic N) is 1. The monoisotopic (exact) mass is 368 g/mol. The summed E-state index contributed by atoms with van der Waals surface area (Å²) in [6, 6.07) is 10.6. The fourth-order valence-corrected chi connectivity index (χ4v) is 2.63. The standard InChI is InChI=1S/C20H20N2O5/c1-24-14-6-5-12(18(11-14)27-4)9-17-20(23)22-19(21-17)13-7-15(25-2)10-16(8-13)26-3/h5-11H,1-4H3,(H,21,22,23)/b17-9+. The number of carbonyl (C=O) groups is 1. The van der Waals surface area contributed by atoms with E-state index in [1.165, 1.54) is 0 Å². The number of aliphatic imine (C=N–C) groups is 1. The van der Waals surface area contributed by atoms with Crippen LogP contribution in [0.1, 0.15) is 11.1 Å². The van der Waals surface area contributed by atoms with Crippen LogP contribution < -0.4 is 24.3 Å². The van der Waals surface area contributed by atoms with Crippen LogP contribution in [0.2, 0.25) is 0 Å². The van der Waals surface area contributed by atoms with Crippen molar-refractivity contribution in [3.8, 4) is 23.0 Å². The van der Waals surface area contributed by atoms with Crippen LogP contribution in [0.5, 0.6) is 23.0 Å². The lowest BCUT2D eigenvalue weighted by Gasteiger charge is -2.08. The Morgan fingerprint density at radius 1 is 0.852 bits per heavy atom. The van der Waals surface area contributed by atoms with Crippen molar-refractivity contribution in [2.24, 2.45) is 4.99 Å². The van der Waals surface area contributed by atoms with Gasteiger partial charge < -0.3 is 24.3 Å². The third-order valence-electron chi connectivity index (χ3n) is 4.05. The SMILES string of the molecule is COc1cc(OC)cc(C2=N/C(=C/c3ccc(OC)cc3OC)C(=O)N2)c1. The number of hydrogen-bond acceptors (Lipinski definition) is 6. The lowest BCUT2D eigenvalue weighted by Crippen LogP contribution is -2.24. The first kappa shape index (κ1) is 18.3. The summed E-state index contributed by atoms with van der Waals surface area (Å²) in [6.07, 6.45) is 1.66. The normalized spacial score (nSPS) is 14.6. The van der Waals surface area contributed by atoms with Crippen LogP contribution in [0.15, 0.2) is 47.1 Å². The van der Waals surface area contributed by atoms with Crippen molar-refractivity contribution in [1.82, 2.24) is 5.32 Å². The van der Waals surface area contributed by atoms with E-state index in [0.29, 0.717) is 34.4 Å². The summed E-state index contributed by atoms with van der Waals surface area (Å²) in [4.78, 5) is 16.8. The highest BCUT2D eigenvalue weighted by Crippen LogP contribution is 2.28. The Morgan fingerprint density at radius 3 is 2.11 bits per heavy atom. The molecule has 0 spiro atoms. The summed E-state index contributed by atoms with van der Waals surface area (Å²) >= 11 is 0. The lowest BCUT2D eigenvalue weighted by molar-refractivity contribution is -0.115. The average molecular weight is 368 g/mol. The summed E-state index contributed by atoms with van der Waals surface area (Å²) in [5, 5.41) is 2.77. The molecule has 1 amide bonds. The van der Waals surface area contributed by atoms with E-state index in [2.05, 4.69) is 10.3 Å². The van der Waals surface area contributed by atoms with E-state index in [0.717, 1.165) is 5.56 Å². The minimum absolute atomic E-state index is 0.273. The van der Waals surface area contributed by atoms with E-state index in [-0.39, 0.29) is 11.6 Å². The smallest absolute Gasteiger partial charge is 0.275 e. The van der Waals surface area contributed by atoms with Gasteiger partial charge in [-0.25, -0.2) is 4.99 Å². The number of methoxy groups -OCH3 is 4. The van der Waals surface area contributed by atoms with Gasteiger partial charge in [-0.2, -0.15) is 0 Å². The van der Waals surface area contributed by atoms with Crippen LogP contribution in [0, 0.1) is 0 Å². The van der Waals surface area contributed by atoms with Crippen molar-refractivity contribution in [3.63, 3.8) is 0 Å². The zero-order chi connectivity index (χ0) is 19.4. The van der Waals surface area contributed by atoms with Gasteiger partial charge in [0.1, 0.15) is 34.5 Å². The molecule has 2 aromatic rings. The molecule has 1 N–H and O–H groups in total. The van der Waals surface area contributed by atoms with Gasteiger partial charge in [0.25, 0.3) is 5.91 Å². The van der Waals surface area contributed by atoms with Gasteiger partial charge in [-0.3, -0.25) is 4.79 Å². The summed E-state index contributed by atoms with van der Waals surface area (Å²) in [6.45, 7) is 0. The van der Waals surface area contributed by atoms with Gasteiger partial charge in [0.15, 0.2) is 0 Å². The predicted octanol–water partition coefficient (Wildman–Crippen LogP) is 2.64. The van der Waals surface area contributed by atoms with E-state index in [9.17, 15) is 4.79 Å². The maximum Gasteiger partial charge on any atom is 0.275 e. The first-order valence-electron chi connectivity index (χ1n) is 8.15. The Morgan fingerprint density at radius 2 is 1.52 bits per heavy atom. The first-order valence-corrected chi connectivity index (χ1v) is 8.15. The molecule has 7 heteroatoms. The lowest BCUT2D eigenvalue weighted by atomic mass is 10.1. The van der Waals surface area contributed by atoms with Gasteiger partial charge in [-0.1, -0.05) is 0 Å². The number of ether oxygens (including phenoxy) is 4. The van der Waals surface area contributed by atoms with Crippen LogP contribution in [-0.2, 0) is 4.79 Å². The molecule has 0 aliphatic carbocycles. The third kappa shape index (κ3) is 3.87. The second kappa shape index (κ2) is 7.82. The molecule has 0 bridgehead atoms. The van der Waals surface area contributed by atoms with E-state index < -0.39 is 0 Å². The topological polar surface area (TPSA) is 78.4 Å². The average Bonchev–Trinajstić information content (AvgIpc) is 3.08. The largest absolute Gasteiger partial charge is 0.497 e. The van der Waals surface area contributed by atoms with Crippen LogP contribution >= 0.6 is 0 Å². The number of rotatable bonds is 6. The molecular weight excluding hydrogens is 348 g/mol. The van der Waals surface area contributed by atoms with Crippen molar-refractivity contribution in [1.29, 1.82) is 0 Å². The molecule has 27 heavy (non-hydrogen) atoms. The highest BCUT2D eigenvalue weighted by Gasteiger charge is 2.22. The second-order valence-electron chi connectivity index (χ2n) is 5.65. The quantitative estimate of drug-likeness (QED) is 0.793. The summed E-state index contributed by atoms with van der Waals surface area (Å²) in [5.41, 5.74) is 1.68. The molecule has 1 heterocycles. The summed E-state index contributed by atoms with van der Waals surface area (Å²) in [5.74, 6) is 2.59. The van der Waals surface area contributed by atoms with Crippen molar-refractivity contribution >= 4 is 17.8 Å². The van der Waals surface area contributed by atoms with Crippen LogP contribution in [0.4, 0.5) is 0 Å². The Kier molecular flexibility index (Phi) is 5.30. The maximum atomic E-state index is 12.4. The van der Waals surface area contributed by atoms with Crippen molar-refractivity contribution in [3.05, 3.63) is 53.2 Å². The molecule has 0 fully saturated rings. The molecule has 0 radical (unpaired) electrons. The Balaban J connectivity index is 1.98. The van der Waals surface area contributed by atoms with Crippen molar-refractivity contribution < 1.29 is 23.7 Å². The van der Waals surface area contributed by atoms with Gasteiger partial charge in [-0.05, 0) is 30.3 Å².